The quantitative estimate of drug-likeness (QED) is 0.430. The highest BCUT2D eigenvalue weighted by atomic mass is 16.6. The smallest absolute Gasteiger partial charge is 0.307 e. The highest BCUT2D eigenvalue weighted by Crippen LogP contribution is 2.24. The van der Waals surface area contributed by atoms with Gasteiger partial charge < -0.3 is 14.4 Å². The fraction of sp³-hybridized carbons (Fsp3) is 0.667. The first-order chi connectivity index (χ1) is 12.7. The standard InChI is InChI=1S/C21H33NO5/c1-6-8-12-18(23)26-15-17-11-9-13-22(17)20(25)16(10-7-2)14-19(24)27-21(3,4)5/h6-7,16-17H,1-2,8-15H2,3-5H3/t16-,17-/m0/s1. The number of likely N-dealkylation sites (tertiary alicyclic amines) is 1. The number of allylic oxidation sites excluding steroid dienone is 2. The predicted molar refractivity (Wildman–Crippen MR) is 104 cm³/mol. The van der Waals surface area contributed by atoms with Crippen molar-refractivity contribution in [3.8, 4) is 0 Å². The summed E-state index contributed by atoms with van der Waals surface area (Å²) in [4.78, 5) is 38.6. The van der Waals surface area contributed by atoms with Gasteiger partial charge in [-0.1, -0.05) is 12.2 Å². The van der Waals surface area contributed by atoms with E-state index in [1.54, 1.807) is 37.8 Å². The van der Waals surface area contributed by atoms with Gasteiger partial charge in [-0.25, -0.2) is 0 Å². The van der Waals surface area contributed by atoms with Gasteiger partial charge in [-0.3, -0.25) is 14.4 Å². The second-order valence-electron chi connectivity index (χ2n) is 7.85. The lowest BCUT2D eigenvalue weighted by Crippen LogP contribution is -2.43. The Morgan fingerprint density at radius 1 is 1.19 bits per heavy atom. The third-order valence-corrected chi connectivity index (χ3v) is 4.28. The largest absolute Gasteiger partial charge is 0.463 e. The molecule has 0 N–H and O–H groups in total. The zero-order chi connectivity index (χ0) is 20.4. The number of carbonyl (C=O) groups excluding carboxylic acids is 3. The molecular weight excluding hydrogens is 346 g/mol. The lowest BCUT2D eigenvalue weighted by Gasteiger charge is -2.28. The molecule has 1 rings (SSSR count). The first kappa shape index (κ1) is 22.9. The Bertz CT molecular complexity index is 549. The maximum atomic E-state index is 13.0. The Hall–Kier alpha value is -2.11. The number of hydrogen-bond donors (Lipinski definition) is 0. The van der Waals surface area contributed by atoms with Gasteiger partial charge in [0.1, 0.15) is 12.2 Å². The summed E-state index contributed by atoms with van der Waals surface area (Å²) in [6.07, 6.45) is 6.24. The zero-order valence-electron chi connectivity index (χ0n) is 16.9. The summed E-state index contributed by atoms with van der Waals surface area (Å²) < 4.78 is 10.7. The van der Waals surface area contributed by atoms with E-state index in [9.17, 15) is 14.4 Å². The summed E-state index contributed by atoms with van der Waals surface area (Å²) in [5, 5.41) is 0. The molecule has 0 saturated carbocycles. The molecule has 0 bridgehead atoms. The van der Waals surface area contributed by atoms with Crippen LogP contribution in [0.1, 0.15) is 59.3 Å². The van der Waals surface area contributed by atoms with Gasteiger partial charge >= 0.3 is 11.9 Å². The minimum atomic E-state index is -0.589. The minimum absolute atomic E-state index is 0.0183. The number of amides is 1. The van der Waals surface area contributed by atoms with Crippen molar-refractivity contribution >= 4 is 17.8 Å². The van der Waals surface area contributed by atoms with Crippen molar-refractivity contribution in [1.29, 1.82) is 0 Å². The molecule has 0 radical (unpaired) electrons. The van der Waals surface area contributed by atoms with Crippen LogP contribution < -0.4 is 0 Å². The molecule has 0 aromatic rings. The molecule has 6 heteroatoms. The monoisotopic (exact) mass is 379 g/mol. The van der Waals surface area contributed by atoms with Crippen LogP contribution in [0.25, 0.3) is 0 Å². The Morgan fingerprint density at radius 3 is 2.48 bits per heavy atom. The summed E-state index contributed by atoms with van der Waals surface area (Å²) in [5.41, 5.74) is -0.589. The maximum absolute atomic E-state index is 13.0. The van der Waals surface area contributed by atoms with Crippen LogP contribution in [0.15, 0.2) is 25.3 Å². The van der Waals surface area contributed by atoms with Crippen LogP contribution in [0, 0.1) is 5.92 Å². The predicted octanol–water partition coefficient (Wildman–Crippen LogP) is 3.41. The van der Waals surface area contributed by atoms with E-state index in [0.717, 1.165) is 12.8 Å². The maximum Gasteiger partial charge on any atom is 0.307 e. The van der Waals surface area contributed by atoms with Crippen molar-refractivity contribution in [2.24, 2.45) is 5.92 Å². The number of hydrogen-bond acceptors (Lipinski definition) is 5. The van der Waals surface area contributed by atoms with Crippen molar-refractivity contribution < 1.29 is 23.9 Å². The summed E-state index contributed by atoms with van der Waals surface area (Å²) >= 11 is 0. The molecule has 6 nitrogen and oxygen atoms in total. The van der Waals surface area contributed by atoms with Gasteiger partial charge in [0.15, 0.2) is 0 Å². The first-order valence-electron chi connectivity index (χ1n) is 9.57. The molecule has 1 saturated heterocycles. The van der Waals surface area contributed by atoms with Crippen molar-refractivity contribution in [2.45, 2.75) is 70.9 Å². The van der Waals surface area contributed by atoms with Gasteiger partial charge in [-0.15, -0.1) is 13.2 Å². The zero-order valence-corrected chi connectivity index (χ0v) is 16.9. The van der Waals surface area contributed by atoms with Gasteiger partial charge in [0.2, 0.25) is 5.91 Å². The number of rotatable bonds is 10. The van der Waals surface area contributed by atoms with E-state index < -0.39 is 17.5 Å². The van der Waals surface area contributed by atoms with Crippen LogP contribution in [0.5, 0.6) is 0 Å². The molecular formula is C21H33NO5. The average Bonchev–Trinajstić information content (AvgIpc) is 3.03. The molecule has 1 aliphatic rings. The van der Waals surface area contributed by atoms with Gasteiger partial charge in [0.25, 0.3) is 0 Å². The van der Waals surface area contributed by atoms with Crippen molar-refractivity contribution in [3.63, 3.8) is 0 Å². The third kappa shape index (κ3) is 8.41. The second kappa shape index (κ2) is 10.9. The van der Waals surface area contributed by atoms with E-state index in [0.29, 0.717) is 25.8 Å². The molecule has 0 aromatic heterocycles. The van der Waals surface area contributed by atoms with Crippen molar-refractivity contribution in [1.82, 2.24) is 4.90 Å². The Labute approximate surface area is 162 Å². The number of esters is 2. The van der Waals surface area contributed by atoms with E-state index in [4.69, 9.17) is 9.47 Å². The molecule has 1 fully saturated rings. The van der Waals surface area contributed by atoms with E-state index in [2.05, 4.69) is 13.2 Å². The summed E-state index contributed by atoms with van der Waals surface area (Å²) in [7, 11) is 0. The van der Waals surface area contributed by atoms with Crippen LogP contribution >= 0.6 is 0 Å². The highest BCUT2D eigenvalue weighted by molar-refractivity contribution is 5.84. The fourth-order valence-corrected chi connectivity index (χ4v) is 3.07. The molecule has 1 heterocycles. The normalized spacial score (nSPS) is 17.9. The first-order valence-corrected chi connectivity index (χ1v) is 9.57. The Balaban J connectivity index is 2.67. The molecule has 27 heavy (non-hydrogen) atoms. The summed E-state index contributed by atoms with van der Waals surface area (Å²) in [6, 6.07) is -0.142. The lowest BCUT2D eigenvalue weighted by atomic mass is 9.99. The molecule has 1 aliphatic heterocycles. The number of nitrogens with zero attached hydrogens (tertiary/aromatic N) is 1. The highest BCUT2D eigenvalue weighted by Gasteiger charge is 2.35. The number of ether oxygens (including phenoxy) is 2. The van der Waals surface area contributed by atoms with E-state index in [1.165, 1.54) is 0 Å². The molecule has 0 aromatic carbocycles. The number of carbonyl (C=O) groups is 3. The van der Waals surface area contributed by atoms with Gasteiger partial charge in [0.05, 0.1) is 18.4 Å². The SMILES string of the molecule is C=CCCC(=O)OC[C@@H]1CCCN1C(=O)[C@@H](CC=C)CC(=O)OC(C)(C)C. The van der Waals surface area contributed by atoms with Crippen LogP contribution in [0.2, 0.25) is 0 Å². The molecule has 0 aliphatic carbocycles. The van der Waals surface area contributed by atoms with E-state index in [-0.39, 0.29) is 30.9 Å². The van der Waals surface area contributed by atoms with Gasteiger partial charge in [0, 0.05) is 13.0 Å². The molecule has 0 unspecified atom stereocenters. The van der Waals surface area contributed by atoms with Crippen molar-refractivity contribution in [3.05, 3.63) is 25.3 Å². The van der Waals surface area contributed by atoms with Gasteiger partial charge in [-0.2, -0.15) is 0 Å². The second-order valence-corrected chi connectivity index (χ2v) is 7.85. The summed E-state index contributed by atoms with van der Waals surface area (Å²) in [6.45, 7) is 13.5. The van der Waals surface area contributed by atoms with Crippen LogP contribution in [0.3, 0.4) is 0 Å². The topological polar surface area (TPSA) is 72.9 Å². The van der Waals surface area contributed by atoms with Crippen LogP contribution in [-0.2, 0) is 23.9 Å². The summed E-state index contributed by atoms with van der Waals surface area (Å²) in [5.74, 6) is -1.29. The van der Waals surface area contributed by atoms with E-state index in [1.807, 2.05) is 0 Å². The molecule has 1 amide bonds. The third-order valence-electron chi connectivity index (χ3n) is 4.28. The molecule has 2 atom stereocenters. The molecule has 0 spiro atoms. The van der Waals surface area contributed by atoms with E-state index >= 15 is 0 Å². The van der Waals surface area contributed by atoms with Gasteiger partial charge in [-0.05, 0) is 46.5 Å². The minimum Gasteiger partial charge on any atom is -0.463 e. The molecule has 152 valence electrons. The Kier molecular flexibility index (Phi) is 9.26. The average molecular weight is 379 g/mol. The van der Waals surface area contributed by atoms with Crippen LogP contribution in [0.4, 0.5) is 0 Å². The fourth-order valence-electron chi connectivity index (χ4n) is 3.07. The lowest BCUT2D eigenvalue weighted by molar-refractivity contribution is -0.158. The Morgan fingerprint density at radius 2 is 1.89 bits per heavy atom. The van der Waals surface area contributed by atoms with Crippen molar-refractivity contribution in [2.75, 3.05) is 13.2 Å². The van der Waals surface area contributed by atoms with Crippen LogP contribution in [-0.4, -0.2) is 47.5 Å².